The maximum Gasteiger partial charge on any atom is 0.336 e. The van der Waals surface area contributed by atoms with Crippen LogP contribution in [0.15, 0.2) is 60.8 Å². The van der Waals surface area contributed by atoms with Gasteiger partial charge in [-0.2, -0.15) is 8.78 Å². The molecule has 1 aromatic heterocycles. The summed E-state index contributed by atoms with van der Waals surface area (Å²) < 4.78 is 26.8. The third-order valence-corrected chi connectivity index (χ3v) is 5.68. The predicted molar refractivity (Wildman–Crippen MR) is 117 cm³/mol. The fourth-order valence-corrected chi connectivity index (χ4v) is 3.89. The van der Waals surface area contributed by atoms with Crippen molar-refractivity contribution in [3.8, 4) is 11.1 Å². The molecule has 0 aliphatic heterocycles. The molecule has 5 nitrogen and oxygen atoms in total. The molecule has 1 heterocycles. The minimum absolute atomic E-state index is 0.0669. The van der Waals surface area contributed by atoms with Crippen molar-refractivity contribution in [1.29, 1.82) is 0 Å². The number of benzene rings is 2. The fraction of sp³-hybridized carbons (Fsp3) is 0.208. The van der Waals surface area contributed by atoms with Crippen LogP contribution in [0.5, 0.6) is 0 Å². The van der Waals surface area contributed by atoms with Crippen molar-refractivity contribution in [1.82, 2.24) is 4.98 Å². The Kier molecular flexibility index (Phi) is 5.69. The van der Waals surface area contributed by atoms with Gasteiger partial charge in [0.1, 0.15) is 5.69 Å². The molecule has 4 rings (SSSR count). The van der Waals surface area contributed by atoms with Crippen molar-refractivity contribution in [3.05, 3.63) is 82.6 Å². The molecule has 0 bridgehead atoms. The number of aromatic carboxylic acids is 1. The van der Waals surface area contributed by atoms with E-state index < -0.39 is 17.6 Å². The maximum atomic E-state index is 13.4. The number of pyridine rings is 1. The first-order valence-electron chi connectivity index (χ1n) is 9.92. The number of carboxylic acids is 1. The van der Waals surface area contributed by atoms with Crippen LogP contribution in [-0.2, 0) is 10.7 Å². The highest BCUT2D eigenvalue weighted by Gasteiger charge is 2.44. The molecule has 2 atom stereocenters. The molecule has 0 unspecified atom stereocenters. The van der Waals surface area contributed by atoms with Crippen molar-refractivity contribution in [3.63, 3.8) is 0 Å². The quantitative estimate of drug-likeness (QED) is 0.480. The number of carbonyl (C=O) groups is 2. The molecule has 0 spiro atoms. The Labute approximate surface area is 188 Å². The van der Waals surface area contributed by atoms with E-state index in [1.54, 1.807) is 12.1 Å². The molecule has 3 aromatic rings. The first kappa shape index (κ1) is 21.9. The number of alkyl halides is 2. The van der Waals surface area contributed by atoms with Gasteiger partial charge in [-0.3, -0.25) is 9.78 Å². The van der Waals surface area contributed by atoms with Gasteiger partial charge in [0, 0.05) is 35.3 Å². The zero-order chi connectivity index (χ0) is 23.0. The van der Waals surface area contributed by atoms with Gasteiger partial charge in [-0.05, 0) is 53.8 Å². The fourth-order valence-electron chi connectivity index (χ4n) is 3.69. The second-order valence-corrected chi connectivity index (χ2v) is 8.32. The normalized spacial score (nSPS) is 17.6. The lowest BCUT2D eigenvalue weighted by molar-refractivity contribution is -0.117. The molecular weight excluding hydrogens is 438 g/mol. The number of aromatic nitrogens is 1. The van der Waals surface area contributed by atoms with Crippen LogP contribution in [-0.4, -0.2) is 22.0 Å². The second-order valence-electron chi connectivity index (χ2n) is 7.88. The van der Waals surface area contributed by atoms with E-state index in [1.165, 1.54) is 30.5 Å². The number of hydrogen-bond acceptors (Lipinski definition) is 3. The molecule has 8 heteroatoms. The Morgan fingerprint density at radius 2 is 1.94 bits per heavy atom. The number of anilines is 1. The summed E-state index contributed by atoms with van der Waals surface area (Å²) in [5.41, 5.74) is 1.57. The van der Waals surface area contributed by atoms with Gasteiger partial charge in [-0.1, -0.05) is 35.9 Å². The molecular formula is C24H19ClF2N2O3. The molecule has 2 aromatic carbocycles. The second kappa shape index (κ2) is 8.31. The van der Waals surface area contributed by atoms with Crippen LogP contribution in [0, 0.1) is 5.92 Å². The van der Waals surface area contributed by atoms with E-state index in [0.29, 0.717) is 28.3 Å². The number of rotatable bonds is 6. The summed E-state index contributed by atoms with van der Waals surface area (Å²) in [6.07, 6.45) is 1.91. The SMILES string of the molecule is CC(F)(F)c1ccc(-c2ccc(NC(=O)[C@@H]3C[C@H]3c3cccc(Cl)c3)cc2C(=O)O)cn1. The number of carbonyl (C=O) groups excluding carboxylic acids is 1. The Morgan fingerprint density at radius 1 is 1.16 bits per heavy atom. The van der Waals surface area contributed by atoms with E-state index >= 15 is 0 Å². The minimum Gasteiger partial charge on any atom is -0.478 e. The third kappa shape index (κ3) is 4.62. The number of halogens is 3. The van der Waals surface area contributed by atoms with E-state index in [9.17, 15) is 23.5 Å². The zero-order valence-electron chi connectivity index (χ0n) is 17.0. The van der Waals surface area contributed by atoms with Crippen LogP contribution >= 0.6 is 11.6 Å². The monoisotopic (exact) mass is 456 g/mol. The van der Waals surface area contributed by atoms with Crippen LogP contribution < -0.4 is 5.32 Å². The van der Waals surface area contributed by atoms with Crippen LogP contribution in [0.1, 0.15) is 40.9 Å². The van der Waals surface area contributed by atoms with E-state index in [1.807, 2.05) is 18.2 Å². The lowest BCUT2D eigenvalue weighted by Crippen LogP contribution is -2.15. The lowest BCUT2D eigenvalue weighted by atomic mass is 9.99. The van der Waals surface area contributed by atoms with E-state index in [0.717, 1.165) is 12.5 Å². The average molecular weight is 457 g/mol. The molecule has 1 aliphatic carbocycles. The molecule has 1 aliphatic rings. The summed E-state index contributed by atoms with van der Waals surface area (Å²) >= 11 is 6.02. The van der Waals surface area contributed by atoms with Crippen LogP contribution in [0.25, 0.3) is 11.1 Å². The van der Waals surface area contributed by atoms with Crippen molar-refractivity contribution in [2.24, 2.45) is 5.92 Å². The van der Waals surface area contributed by atoms with Crippen molar-refractivity contribution in [2.45, 2.75) is 25.2 Å². The van der Waals surface area contributed by atoms with Gasteiger partial charge in [-0.25, -0.2) is 4.79 Å². The molecule has 1 fully saturated rings. The van der Waals surface area contributed by atoms with Gasteiger partial charge in [-0.15, -0.1) is 0 Å². The molecule has 0 saturated heterocycles. The zero-order valence-corrected chi connectivity index (χ0v) is 17.7. The molecule has 1 amide bonds. The summed E-state index contributed by atoms with van der Waals surface area (Å²) in [5, 5.41) is 13.0. The minimum atomic E-state index is -3.09. The maximum absolute atomic E-state index is 13.4. The number of nitrogens with one attached hydrogen (secondary N) is 1. The van der Waals surface area contributed by atoms with Crippen molar-refractivity contribution in [2.75, 3.05) is 5.32 Å². The van der Waals surface area contributed by atoms with Gasteiger partial charge in [0.15, 0.2) is 0 Å². The van der Waals surface area contributed by atoms with Crippen molar-refractivity contribution >= 4 is 29.2 Å². The summed E-state index contributed by atoms with van der Waals surface area (Å²) in [5.74, 6) is -4.63. The van der Waals surface area contributed by atoms with E-state index in [-0.39, 0.29) is 23.3 Å². The predicted octanol–water partition coefficient (Wildman–Crippen LogP) is 5.95. The number of amides is 1. The standard InChI is InChI=1S/C24H19ClF2N2O3/c1-24(26,27)21-8-5-14(12-28-21)17-7-6-16(10-20(17)23(31)32)29-22(30)19-11-18(19)13-3-2-4-15(25)9-13/h2-10,12,18-19H,11H2,1H3,(H,29,30)(H,31,32)/t18-,19+/m0/s1. The Morgan fingerprint density at radius 3 is 2.56 bits per heavy atom. The van der Waals surface area contributed by atoms with Crippen LogP contribution in [0.3, 0.4) is 0 Å². The Hall–Kier alpha value is -3.32. The summed E-state index contributed by atoms with van der Waals surface area (Å²) in [4.78, 5) is 28.2. The number of nitrogens with zero attached hydrogens (tertiary/aromatic N) is 1. The van der Waals surface area contributed by atoms with E-state index in [4.69, 9.17) is 11.6 Å². The lowest BCUT2D eigenvalue weighted by Gasteiger charge is -2.12. The van der Waals surface area contributed by atoms with Gasteiger partial charge < -0.3 is 10.4 Å². The van der Waals surface area contributed by atoms with E-state index in [2.05, 4.69) is 10.3 Å². The average Bonchev–Trinajstić information content (AvgIpc) is 3.54. The van der Waals surface area contributed by atoms with Crippen LogP contribution in [0.2, 0.25) is 5.02 Å². The van der Waals surface area contributed by atoms with Gasteiger partial charge in [0.25, 0.3) is 5.92 Å². The Balaban J connectivity index is 1.52. The topological polar surface area (TPSA) is 79.3 Å². The van der Waals surface area contributed by atoms with Gasteiger partial charge in [0.05, 0.1) is 5.56 Å². The summed E-state index contributed by atoms with van der Waals surface area (Å²) in [6.45, 7) is 0.742. The third-order valence-electron chi connectivity index (χ3n) is 5.45. The van der Waals surface area contributed by atoms with Crippen molar-refractivity contribution < 1.29 is 23.5 Å². The molecule has 2 N–H and O–H groups in total. The Bertz CT molecular complexity index is 1190. The molecule has 164 valence electrons. The highest BCUT2D eigenvalue weighted by Crippen LogP contribution is 2.48. The van der Waals surface area contributed by atoms with Gasteiger partial charge >= 0.3 is 5.97 Å². The number of carboxylic acid groups (broad SMARTS) is 1. The highest BCUT2D eigenvalue weighted by atomic mass is 35.5. The van der Waals surface area contributed by atoms with Gasteiger partial charge in [0.2, 0.25) is 5.91 Å². The number of hydrogen-bond donors (Lipinski definition) is 2. The highest BCUT2D eigenvalue weighted by molar-refractivity contribution is 6.30. The van der Waals surface area contributed by atoms with Crippen LogP contribution in [0.4, 0.5) is 14.5 Å². The molecule has 1 saturated carbocycles. The largest absolute Gasteiger partial charge is 0.478 e. The first-order chi connectivity index (χ1) is 15.1. The molecule has 0 radical (unpaired) electrons. The summed E-state index contributed by atoms with van der Waals surface area (Å²) in [6, 6.07) is 14.4. The molecule has 32 heavy (non-hydrogen) atoms. The smallest absolute Gasteiger partial charge is 0.336 e. The summed E-state index contributed by atoms with van der Waals surface area (Å²) in [7, 11) is 0. The first-order valence-corrected chi connectivity index (χ1v) is 10.3.